The molecule has 1 aromatic carbocycles. The first-order valence-electron chi connectivity index (χ1n) is 11.2. The van der Waals surface area contributed by atoms with E-state index in [4.69, 9.17) is 19.2 Å². The Labute approximate surface area is 204 Å². The van der Waals surface area contributed by atoms with E-state index in [1.807, 2.05) is 6.07 Å². The van der Waals surface area contributed by atoms with Crippen LogP contribution in [0.1, 0.15) is 38.7 Å². The van der Waals surface area contributed by atoms with Gasteiger partial charge in [0.2, 0.25) is 5.75 Å². The van der Waals surface area contributed by atoms with E-state index in [1.165, 1.54) is 19.3 Å². The third-order valence-corrected chi connectivity index (χ3v) is 6.06. The third-order valence-electron chi connectivity index (χ3n) is 6.06. The fourth-order valence-corrected chi connectivity index (χ4v) is 4.31. The molecular formula is C23H39IN4O3. The second-order valence-corrected chi connectivity index (χ2v) is 8.09. The van der Waals surface area contributed by atoms with E-state index in [9.17, 15) is 0 Å². The van der Waals surface area contributed by atoms with Crippen LogP contribution in [0.25, 0.3) is 0 Å². The zero-order valence-electron chi connectivity index (χ0n) is 19.6. The Hall–Kier alpha value is -1.42. The summed E-state index contributed by atoms with van der Waals surface area (Å²) in [5, 5.41) is 3.71. The van der Waals surface area contributed by atoms with Crippen molar-refractivity contribution in [2.45, 2.75) is 45.7 Å². The van der Waals surface area contributed by atoms with Gasteiger partial charge in [0.15, 0.2) is 17.5 Å². The molecule has 1 heterocycles. The standard InChI is InChI=1S/C23H38N4O3.HI/c1-6-8-17-15-19(17)25-23(24-7-2)27-13-11-26(12-14-27)16-18-9-10-20(28-3)22(30-5)21(18)29-4;/h9-10,17,19H,6-8,11-16H2,1-5H3,(H,24,25);1H. The molecule has 2 aliphatic rings. The Morgan fingerprint density at radius 2 is 1.74 bits per heavy atom. The largest absolute Gasteiger partial charge is 0.493 e. The first kappa shape index (κ1) is 25.8. The molecule has 8 heteroatoms. The summed E-state index contributed by atoms with van der Waals surface area (Å²) in [7, 11) is 4.97. The number of hydrogen-bond acceptors (Lipinski definition) is 5. The summed E-state index contributed by atoms with van der Waals surface area (Å²) in [5.74, 6) is 4.02. The predicted molar refractivity (Wildman–Crippen MR) is 136 cm³/mol. The SMILES string of the molecule is CCCC1CC1NC(=NCC)N1CCN(Cc2ccc(OC)c(OC)c2OC)CC1.I. The average molecular weight is 546 g/mol. The van der Waals surface area contributed by atoms with Crippen LogP contribution in [-0.2, 0) is 6.54 Å². The normalized spacial score (nSPS) is 21.3. The highest BCUT2D eigenvalue weighted by molar-refractivity contribution is 14.0. The summed E-state index contributed by atoms with van der Waals surface area (Å²) < 4.78 is 16.6. The van der Waals surface area contributed by atoms with Crippen LogP contribution in [-0.4, -0.2) is 75.9 Å². The van der Waals surface area contributed by atoms with Crippen molar-refractivity contribution in [3.8, 4) is 17.2 Å². The van der Waals surface area contributed by atoms with Gasteiger partial charge in [0.05, 0.1) is 21.3 Å². The molecule has 0 bridgehead atoms. The number of ether oxygens (including phenoxy) is 3. The van der Waals surface area contributed by atoms with Gasteiger partial charge in [-0.15, -0.1) is 24.0 Å². The van der Waals surface area contributed by atoms with E-state index in [0.29, 0.717) is 17.5 Å². The molecule has 0 radical (unpaired) electrons. The molecule has 1 aliphatic heterocycles. The van der Waals surface area contributed by atoms with Gasteiger partial charge in [-0.25, -0.2) is 0 Å². The van der Waals surface area contributed by atoms with Gasteiger partial charge in [0.1, 0.15) is 0 Å². The minimum Gasteiger partial charge on any atom is -0.493 e. The van der Waals surface area contributed by atoms with Crippen LogP contribution in [0.2, 0.25) is 0 Å². The molecule has 2 fully saturated rings. The maximum atomic E-state index is 5.65. The van der Waals surface area contributed by atoms with Crippen LogP contribution < -0.4 is 19.5 Å². The molecule has 2 unspecified atom stereocenters. The quantitative estimate of drug-likeness (QED) is 0.290. The molecule has 31 heavy (non-hydrogen) atoms. The van der Waals surface area contributed by atoms with E-state index in [1.54, 1.807) is 21.3 Å². The molecule has 0 aromatic heterocycles. The molecule has 0 amide bonds. The van der Waals surface area contributed by atoms with Crippen LogP contribution in [0.3, 0.4) is 0 Å². The summed E-state index contributed by atoms with van der Waals surface area (Å²) >= 11 is 0. The number of methoxy groups -OCH3 is 3. The number of guanidine groups is 1. The van der Waals surface area contributed by atoms with E-state index >= 15 is 0 Å². The second kappa shape index (κ2) is 12.6. The Bertz CT molecular complexity index is 723. The van der Waals surface area contributed by atoms with Gasteiger partial charge in [-0.2, -0.15) is 0 Å². The molecule has 7 nitrogen and oxygen atoms in total. The smallest absolute Gasteiger partial charge is 0.203 e. The lowest BCUT2D eigenvalue weighted by Gasteiger charge is -2.37. The van der Waals surface area contributed by atoms with Crippen molar-refractivity contribution in [1.82, 2.24) is 15.1 Å². The van der Waals surface area contributed by atoms with Crippen LogP contribution >= 0.6 is 24.0 Å². The minimum absolute atomic E-state index is 0. The number of piperazine rings is 1. The monoisotopic (exact) mass is 546 g/mol. The van der Waals surface area contributed by atoms with Crippen molar-refractivity contribution in [2.75, 3.05) is 54.1 Å². The summed E-state index contributed by atoms with van der Waals surface area (Å²) in [6.45, 7) is 9.96. The van der Waals surface area contributed by atoms with Crippen molar-refractivity contribution < 1.29 is 14.2 Å². The zero-order chi connectivity index (χ0) is 21.5. The topological polar surface area (TPSA) is 58.6 Å². The van der Waals surface area contributed by atoms with E-state index in [2.05, 4.69) is 35.0 Å². The fourth-order valence-electron chi connectivity index (χ4n) is 4.31. The average Bonchev–Trinajstić information content (AvgIpc) is 3.51. The lowest BCUT2D eigenvalue weighted by molar-refractivity contribution is 0.170. The summed E-state index contributed by atoms with van der Waals surface area (Å²) in [4.78, 5) is 9.63. The molecule has 0 spiro atoms. The lowest BCUT2D eigenvalue weighted by Crippen LogP contribution is -2.52. The molecule has 3 rings (SSSR count). The molecule has 1 saturated carbocycles. The van der Waals surface area contributed by atoms with Gasteiger partial charge in [-0.1, -0.05) is 19.4 Å². The van der Waals surface area contributed by atoms with Crippen molar-refractivity contribution in [3.05, 3.63) is 17.7 Å². The van der Waals surface area contributed by atoms with E-state index < -0.39 is 0 Å². The van der Waals surface area contributed by atoms with Crippen molar-refractivity contribution in [2.24, 2.45) is 10.9 Å². The number of halogens is 1. The van der Waals surface area contributed by atoms with Crippen LogP contribution in [0.5, 0.6) is 17.2 Å². The number of nitrogens with one attached hydrogen (secondary N) is 1. The fraction of sp³-hybridized carbons (Fsp3) is 0.696. The molecule has 1 saturated heterocycles. The lowest BCUT2D eigenvalue weighted by atomic mass is 10.1. The zero-order valence-corrected chi connectivity index (χ0v) is 22.0. The van der Waals surface area contributed by atoms with Crippen LogP contribution in [0.15, 0.2) is 17.1 Å². The van der Waals surface area contributed by atoms with Crippen molar-refractivity contribution >= 4 is 29.9 Å². The predicted octanol–water partition coefficient (Wildman–Crippen LogP) is 3.60. The Morgan fingerprint density at radius 3 is 2.32 bits per heavy atom. The highest BCUT2D eigenvalue weighted by Gasteiger charge is 2.37. The van der Waals surface area contributed by atoms with E-state index in [-0.39, 0.29) is 24.0 Å². The highest BCUT2D eigenvalue weighted by Crippen LogP contribution is 2.40. The molecule has 1 N–H and O–H groups in total. The van der Waals surface area contributed by atoms with Crippen molar-refractivity contribution in [1.29, 1.82) is 0 Å². The molecule has 176 valence electrons. The second-order valence-electron chi connectivity index (χ2n) is 8.09. The number of aliphatic imine (C=N–C) groups is 1. The van der Waals surface area contributed by atoms with Gasteiger partial charge in [-0.05, 0) is 31.7 Å². The van der Waals surface area contributed by atoms with Gasteiger partial charge < -0.3 is 24.4 Å². The molecule has 2 atom stereocenters. The Balaban J connectivity index is 0.00000341. The molecule has 1 aliphatic carbocycles. The van der Waals surface area contributed by atoms with Gasteiger partial charge in [0, 0.05) is 50.9 Å². The molecule has 1 aromatic rings. The summed E-state index contributed by atoms with van der Waals surface area (Å²) in [6.07, 6.45) is 3.87. The maximum absolute atomic E-state index is 5.65. The first-order chi connectivity index (χ1) is 14.6. The minimum atomic E-state index is 0. The number of rotatable bonds is 9. The number of nitrogens with zero attached hydrogens (tertiary/aromatic N) is 3. The summed E-state index contributed by atoms with van der Waals surface area (Å²) in [6, 6.07) is 4.63. The summed E-state index contributed by atoms with van der Waals surface area (Å²) in [5.41, 5.74) is 1.12. The third kappa shape index (κ3) is 6.54. The first-order valence-corrected chi connectivity index (χ1v) is 11.2. The van der Waals surface area contributed by atoms with Gasteiger partial charge >= 0.3 is 0 Å². The highest BCUT2D eigenvalue weighted by atomic mass is 127. The maximum Gasteiger partial charge on any atom is 0.203 e. The van der Waals surface area contributed by atoms with Gasteiger partial charge in [-0.3, -0.25) is 9.89 Å². The number of hydrogen-bond donors (Lipinski definition) is 1. The van der Waals surface area contributed by atoms with E-state index in [0.717, 1.165) is 62.5 Å². The Kier molecular flexibility index (Phi) is 10.5. The molecular weight excluding hydrogens is 507 g/mol. The van der Waals surface area contributed by atoms with Crippen LogP contribution in [0.4, 0.5) is 0 Å². The number of benzene rings is 1. The van der Waals surface area contributed by atoms with Gasteiger partial charge in [0.25, 0.3) is 0 Å². The Morgan fingerprint density at radius 1 is 1.03 bits per heavy atom. The van der Waals surface area contributed by atoms with Crippen molar-refractivity contribution in [3.63, 3.8) is 0 Å². The van der Waals surface area contributed by atoms with Crippen LogP contribution in [0, 0.1) is 5.92 Å².